The molecule has 1 rings (SSSR count). The standard InChI is InChI=1S/C7H5ClF2O2/c8-7(9,10)6(11)4-5-2-1-3-12-5/h1-3H,4H2. The van der Waals surface area contributed by atoms with Crippen molar-refractivity contribution in [3.05, 3.63) is 24.2 Å². The number of furan rings is 1. The quantitative estimate of drug-likeness (QED) is 0.691. The molecule has 1 aromatic heterocycles. The third-order valence-electron chi connectivity index (χ3n) is 1.23. The normalized spacial score (nSPS) is 11.6. The zero-order chi connectivity index (χ0) is 9.19. The molecule has 0 N–H and O–H groups in total. The molecule has 0 saturated carbocycles. The van der Waals surface area contributed by atoms with Gasteiger partial charge in [-0.2, -0.15) is 8.78 Å². The highest BCUT2D eigenvalue weighted by molar-refractivity contribution is 6.32. The van der Waals surface area contributed by atoms with Crippen LogP contribution in [0.15, 0.2) is 22.8 Å². The number of Topliss-reactive ketones (excluding diaryl/α,β-unsaturated/α-hetero) is 1. The lowest BCUT2D eigenvalue weighted by molar-refractivity contribution is -0.132. The summed E-state index contributed by atoms with van der Waals surface area (Å²) in [6.45, 7) is 0. The highest BCUT2D eigenvalue weighted by Gasteiger charge is 2.35. The van der Waals surface area contributed by atoms with E-state index in [9.17, 15) is 13.6 Å². The summed E-state index contributed by atoms with van der Waals surface area (Å²) in [6, 6.07) is 2.94. The highest BCUT2D eigenvalue weighted by Crippen LogP contribution is 2.21. The van der Waals surface area contributed by atoms with E-state index in [4.69, 9.17) is 0 Å². The van der Waals surface area contributed by atoms with E-state index in [-0.39, 0.29) is 5.76 Å². The molecule has 0 fully saturated rings. The Morgan fingerprint density at radius 1 is 1.67 bits per heavy atom. The Labute approximate surface area is 72.1 Å². The van der Waals surface area contributed by atoms with E-state index in [2.05, 4.69) is 16.0 Å². The maximum absolute atomic E-state index is 12.1. The van der Waals surface area contributed by atoms with Crippen molar-refractivity contribution in [2.75, 3.05) is 0 Å². The Kier molecular flexibility index (Phi) is 2.47. The first kappa shape index (κ1) is 9.19. The summed E-state index contributed by atoms with van der Waals surface area (Å²) in [7, 11) is 0. The van der Waals surface area contributed by atoms with Crippen molar-refractivity contribution in [3.63, 3.8) is 0 Å². The third kappa shape index (κ3) is 2.30. The van der Waals surface area contributed by atoms with E-state index >= 15 is 0 Å². The first-order valence-corrected chi connectivity index (χ1v) is 3.50. The van der Waals surface area contributed by atoms with Gasteiger partial charge in [-0.1, -0.05) is 0 Å². The highest BCUT2D eigenvalue weighted by atomic mass is 35.5. The van der Waals surface area contributed by atoms with Gasteiger partial charge in [0.25, 0.3) is 0 Å². The van der Waals surface area contributed by atoms with Crippen molar-refractivity contribution in [1.29, 1.82) is 0 Å². The number of hydrogen-bond donors (Lipinski definition) is 0. The van der Waals surface area contributed by atoms with Crippen molar-refractivity contribution in [2.45, 2.75) is 11.8 Å². The van der Waals surface area contributed by atoms with Crippen LogP contribution in [0.25, 0.3) is 0 Å². The maximum Gasteiger partial charge on any atom is 0.380 e. The SMILES string of the molecule is O=C(Cc1ccco1)C(F)(F)Cl. The molecule has 0 aromatic carbocycles. The predicted octanol–water partition coefficient (Wildman–Crippen LogP) is 2.22. The fraction of sp³-hybridized carbons (Fsp3) is 0.286. The van der Waals surface area contributed by atoms with E-state index in [1.807, 2.05) is 0 Å². The smallest absolute Gasteiger partial charge is 0.380 e. The number of ketones is 1. The molecule has 0 atom stereocenters. The van der Waals surface area contributed by atoms with Gasteiger partial charge in [-0.05, 0) is 23.7 Å². The summed E-state index contributed by atoms with van der Waals surface area (Å²) in [4.78, 5) is 10.6. The van der Waals surface area contributed by atoms with Gasteiger partial charge in [0.1, 0.15) is 5.76 Å². The second kappa shape index (κ2) is 3.23. The lowest BCUT2D eigenvalue weighted by Gasteiger charge is -2.03. The monoisotopic (exact) mass is 194 g/mol. The van der Waals surface area contributed by atoms with Gasteiger partial charge in [-0.25, -0.2) is 0 Å². The molecule has 0 aliphatic rings. The second-order valence-electron chi connectivity index (χ2n) is 2.18. The van der Waals surface area contributed by atoms with Crippen molar-refractivity contribution in [3.8, 4) is 0 Å². The van der Waals surface area contributed by atoms with Crippen molar-refractivity contribution in [1.82, 2.24) is 0 Å². The van der Waals surface area contributed by atoms with Gasteiger partial charge in [0.05, 0.1) is 12.7 Å². The molecule has 12 heavy (non-hydrogen) atoms. The number of rotatable bonds is 3. The van der Waals surface area contributed by atoms with Gasteiger partial charge in [-0.15, -0.1) is 0 Å². The van der Waals surface area contributed by atoms with Crippen LogP contribution >= 0.6 is 11.6 Å². The van der Waals surface area contributed by atoms with Crippen LogP contribution in [0.2, 0.25) is 0 Å². The van der Waals surface area contributed by atoms with Crippen LogP contribution < -0.4 is 0 Å². The van der Waals surface area contributed by atoms with Crippen LogP contribution in [0.5, 0.6) is 0 Å². The number of carbonyl (C=O) groups excluding carboxylic acids is 1. The summed E-state index contributed by atoms with van der Waals surface area (Å²) in [5, 5.41) is -3.80. The Balaban J connectivity index is 2.60. The first-order valence-electron chi connectivity index (χ1n) is 3.12. The van der Waals surface area contributed by atoms with E-state index in [0.29, 0.717) is 0 Å². The van der Waals surface area contributed by atoms with E-state index in [0.717, 1.165) is 0 Å². The minimum absolute atomic E-state index is 0.181. The zero-order valence-corrected chi connectivity index (χ0v) is 6.65. The van der Waals surface area contributed by atoms with E-state index < -0.39 is 17.6 Å². The summed E-state index contributed by atoms with van der Waals surface area (Å²) in [6.07, 6.45) is 0.818. The minimum Gasteiger partial charge on any atom is -0.469 e. The molecule has 0 amide bonds. The van der Waals surface area contributed by atoms with Gasteiger partial charge in [0, 0.05) is 0 Å². The molecule has 66 valence electrons. The molecule has 0 aliphatic carbocycles. The van der Waals surface area contributed by atoms with Gasteiger partial charge >= 0.3 is 5.38 Å². The maximum atomic E-state index is 12.1. The summed E-state index contributed by atoms with van der Waals surface area (Å²) < 4.78 is 28.9. The topological polar surface area (TPSA) is 30.2 Å². The van der Waals surface area contributed by atoms with Crippen LogP contribution in [-0.2, 0) is 11.2 Å². The lowest BCUT2D eigenvalue weighted by Crippen LogP contribution is -2.23. The second-order valence-corrected chi connectivity index (χ2v) is 2.65. The molecule has 0 radical (unpaired) electrons. The Morgan fingerprint density at radius 3 is 2.75 bits per heavy atom. The molecule has 0 unspecified atom stereocenters. The number of halogens is 3. The largest absolute Gasteiger partial charge is 0.469 e. The van der Waals surface area contributed by atoms with Crippen LogP contribution in [0.4, 0.5) is 8.78 Å². The molecule has 1 heterocycles. The van der Waals surface area contributed by atoms with E-state index in [1.165, 1.54) is 18.4 Å². The molecule has 2 nitrogen and oxygen atoms in total. The van der Waals surface area contributed by atoms with Crippen molar-refractivity contribution < 1.29 is 18.0 Å². The predicted molar refractivity (Wildman–Crippen MR) is 38.2 cm³/mol. The fourth-order valence-corrected chi connectivity index (χ4v) is 0.738. The molecular weight excluding hydrogens is 190 g/mol. The van der Waals surface area contributed by atoms with Crippen LogP contribution in [0.3, 0.4) is 0 Å². The van der Waals surface area contributed by atoms with Gasteiger partial charge in [0.15, 0.2) is 0 Å². The molecule has 0 bridgehead atoms. The summed E-state index contributed by atoms with van der Waals surface area (Å²) in [5.74, 6) is -1.18. The third-order valence-corrected chi connectivity index (χ3v) is 1.44. The summed E-state index contributed by atoms with van der Waals surface area (Å²) in [5.41, 5.74) is 0. The number of alkyl halides is 3. The van der Waals surface area contributed by atoms with Crippen LogP contribution in [0.1, 0.15) is 5.76 Å². The number of hydrogen-bond acceptors (Lipinski definition) is 2. The van der Waals surface area contributed by atoms with Gasteiger partial charge in [0.2, 0.25) is 5.78 Å². The summed E-state index contributed by atoms with van der Waals surface area (Å²) >= 11 is 4.48. The Morgan fingerprint density at radius 2 is 2.33 bits per heavy atom. The first-order chi connectivity index (χ1) is 5.50. The van der Waals surface area contributed by atoms with E-state index in [1.54, 1.807) is 0 Å². The van der Waals surface area contributed by atoms with Crippen molar-refractivity contribution in [2.24, 2.45) is 0 Å². The number of carbonyl (C=O) groups is 1. The van der Waals surface area contributed by atoms with Gasteiger partial charge < -0.3 is 4.42 Å². The lowest BCUT2D eigenvalue weighted by atomic mass is 10.2. The molecule has 5 heteroatoms. The fourth-order valence-electron chi connectivity index (χ4n) is 0.672. The zero-order valence-electron chi connectivity index (χ0n) is 5.89. The van der Waals surface area contributed by atoms with Crippen LogP contribution in [-0.4, -0.2) is 11.2 Å². The van der Waals surface area contributed by atoms with Crippen molar-refractivity contribution >= 4 is 17.4 Å². The average Bonchev–Trinajstić information content (AvgIpc) is 2.37. The Bertz CT molecular complexity index is 263. The minimum atomic E-state index is -3.80. The average molecular weight is 195 g/mol. The molecule has 1 aromatic rings. The van der Waals surface area contributed by atoms with Gasteiger partial charge in [-0.3, -0.25) is 4.79 Å². The molecule has 0 spiro atoms. The molecular formula is C7H5ClF2O2. The van der Waals surface area contributed by atoms with Crippen LogP contribution in [0, 0.1) is 0 Å². The Hall–Kier alpha value is -0.900. The molecule has 0 aliphatic heterocycles. The molecule has 0 saturated heterocycles.